The van der Waals surface area contributed by atoms with Gasteiger partial charge in [-0.2, -0.15) is 0 Å². The Morgan fingerprint density at radius 1 is 1.43 bits per heavy atom. The zero-order valence-corrected chi connectivity index (χ0v) is 14.9. The van der Waals surface area contributed by atoms with Gasteiger partial charge < -0.3 is 14.6 Å². The van der Waals surface area contributed by atoms with Gasteiger partial charge >= 0.3 is 6.09 Å². The van der Waals surface area contributed by atoms with Gasteiger partial charge in [0.2, 0.25) is 0 Å². The number of benzene rings is 1. The van der Waals surface area contributed by atoms with Crippen molar-refractivity contribution >= 4 is 22.0 Å². The highest BCUT2D eigenvalue weighted by molar-refractivity contribution is 9.10. The predicted octanol–water partition coefficient (Wildman–Crippen LogP) is 3.84. The molecule has 2 rings (SSSR count). The molecule has 0 aliphatic carbocycles. The second-order valence-corrected chi connectivity index (χ2v) is 6.89. The molecule has 1 heterocycles. The van der Waals surface area contributed by atoms with Crippen LogP contribution in [-0.4, -0.2) is 27.8 Å². The molecule has 0 unspecified atom stereocenters. The van der Waals surface area contributed by atoms with Crippen LogP contribution in [0.1, 0.15) is 26.5 Å². The lowest BCUT2D eigenvalue weighted by molar-refractivity contribution is 0.0528. The molecular formula is C16H19BrFN3O2. The maximum Gasteiger partial charge on any atom is 0.407 e. The van der Waals surface area contributed by atoms with E-state index in [1.165, 1.54) is 6.07 Å². The molecular weight excluding hydrogens is 365 g/mol. The van der Waals surface area contributed by atoms with Crippen molar-refractivity contribution in [2.45, 2.75) is 32.8 Å². The number of imidazole rings is 1. The number of hydrogen-bond donors (Lipinski definition) is 1. The predicted molar refractivity (Wildman–Crippen MR) is 89.2 cm³/mol. The number of nitrogens with zero attached hydrogens (tertiary/aromatic N) is 2. The van der Waals surface area contributed by atoms with E-state index < -0.39 is 11.7 Å². The standard InChI is InChI=1S/C16H19BrFN3O2/c1-16(2,3)23-15(22)20-7-6-12-9-19-10-21(12)11-4-5-13(17)14(18)8-11/h4-5,8-10H,6-7H2,1-3H3,(H,20,22). The summed E-state index contributed by atoms with van der Waals surface area (Å²) in [4.78, 5) is 15.7. The molecule has 1 amide bonds. The molecule has 5 nitrogen and oxygen atoms in total. The Balaban J connectivity index is 1.99. The van der Waals surface area contributed by atoms with Gasteiger partial charge in [0, 0.05) is 30.5 Å². The zero-order chi connectivity index (χ0) is 17.0. The third-order valence-electron chi connectivity index (χ3n) is 2.95. The molecule has 23 heavy (non-hydrogen) atoms. The number of aromatic nitrogens is 2. The quantitative estimate of drug-likeness (QED) is 0.872. The fraction of sp³-hybridized carbons (Fsp3) is 0.375. The van der Waals surface area contributed by atoms with Crippen molar-refractivity contribution in [1.82, 2.24) is 14.9 Å². The maximum absolute atomic E-state index is 13.7. The minimum Gasteiger partial charge on any atom is -0.444 e. The van der Waals surface area contributed by atoms with Crippen molar-refractivity contribution in [2.75, 3.05) is 6.54 Å². The molecule has 0 aliphatic heterocycles. The fourth-order valence-corrected chi connectivity index (χ4v) is 2.23. The lowest BCUT2D eigenvalue weighted by atomic mass is 10.2. The fourth-order valence-electron chi connectivity index (χ4n) is 1.98. The monoisotopic (exact) mass is 383 g/mol. The largest absolute Gasteiger partial charge is 0.444 e. The highest BCUT2D eigenvalue weighted by atomic mass is 79.9. The molecule has 1 aromatic carbocycles. The molecule has 0 fully saturated rings. The first-order valence-electron chi connectivity index (χ1n) is 7.20. The lowest BCUT2D eigenvalue weighted by Crippen LogP contribution is -2.33. The van der Waals surface area contributed by atoms with Crippen molar-refractivity contribution < 1.29 is 13.9 Å². The molecule has 0 saturated carbocycles. The number of hydrogen-bond acceptors (Lipinski definition) is 3. The molecule has 0 radical (unpaired) electrons. The van der Waals surface area contributed by atoms with Crippen molar-refractivity contribution in [3.8, 4) is 5.69 Å². The van der Waals surface area contributed by atoms with Crippen LogP contribution in [0.4, 0.5) is 9.18 Å². The van der Waals surface area contributed by atoms with Gasteiger partial charge in [-0.3, -0.25) is 0 Å². The molecule has 0 aliphatic rings. The third kappa shape index (κ3) is 5.06. The summed E-state index contributed by atoms with van der Waals surface area (Å²) in [6.07, 6.45) is 3.40. The van der Waals surface area contributed by atoms with E-state index in [0.29, 0.717) is 23.1 Å². The topological polar surface area (TPSA) is 56.1 Å². The van der Waals surface area contributed by atoms with Crippen LogP contribution in [0.25, 0.3) is 5.69 Å². The van der Waals surface area contributed by atoms with Gasteiger partial charge in [-0.1, -0.05) is 0 Å². The number of rotatable bonds is 4. The zero-order valence-electron chi connectivity index (χ0n) is 13.3. The van der Waals surface area contributed by atoms with E-state index in [2.05, 4.69) is 26.2 Å². The van der Waals surface area contributed by atoms with Gasteiger partial charge in [0.15, 0.2) is 0 Å². The Bertz CT molecular complexity index is 695. The van der Waals surface area contributed by atoms with Crippen LogP contribution in [0.15, 0.2) is 35.2 Å². The third-order valence-corrected chi connectivity index (χ3v) is 3.59. The normalized spacial score (nSPS) is 11.3. The molecule has 124 valence electrons. The molecule has 7 heteroatoms. The number of nitrogens with one attached hydrogen (secondary N) is 1. The Morgan fingerprint density at radius 2 is 2.17 bits per heavy atom. The SMILES string of the molecule is CC(C)(C)OC(=O)NCCc1cncn1-c1ccc(Br)c(F)c1. The Kier molecular flexibility index (Phi) is 5.41. The van der Waals surface area contributed by atoms with E-state index in [0.717, 1.165) is 5.69 Å². The Morgan fingerprint density at radius 3 is 2.83 bits per heavy atom. The van der Waals surface area contributed by atoms with E-state index >= 15 is 0 Å². The highest BCUT2D eigenvalue weighted by Gasteiger charge is 2.15. The number of alkyl carbamates (subject to hydrolysis) is 1. The van der Waals surface area contributed by atoms with Gasteiger partial charge in [0.1, 0.15) is 11.4 Å². The lowest BCUT2D eigenvalue weighted by Gasteiger charge is -2.19. The molecule has 1 N–H and O–H groups in total. The second kappa shape index (κ2) is 7.12. The van der Waals surface area contributed by atoms with Gasteiger partial charge in [0.25, 0.3) is 0 Å². The van der Waals surface area contributed by atoms with Crippen LogP contribution in [0, 0.1) is 5.82 Å². The molecule has 0 spiro atoms. The summed E-state index contributed by atoms with van der Waals surface area (Å²) in [5.41, 5.74) is 1.01. The molecule has 2 aromatic rings. The Labute approximate surface area is 143 Å². The summed E-state index contributed by atoms with van der Waals surface area (Å²) in [6, 6.07) is 4.86. The first-order chi connectivity index (χ1) is 10.8. The number of amides is 1. The van der Waals surface area contributed by atoms with Crippen LogP contribution in [0.2, 0.25) is 0 Å². The summed E-state index contributed by atoms with van der Waals surface area (Å²) in [5.74, 6) is -0.339. The Hall–Kier alpha value is -1.89. The van der Waals surface area contributed by atoms with Crippen LogP contribution < -0.4 is 5.32 Å². The summed E-state index contributed by atoms with van der Waals surface area (Å²) in [7, 11) is 0. The summed E-state index contributed by atoms with van der Waals surface area (Å²) in [5, 5.41) is 2.69. The smallest absolute Gasteiger partial charge is 0.407 e. The molecule has 1 aromatic heterocycles. The number of ether oxygens (including phenoxy) is 1. The molecule has 0 atom stereocenters. The summed E-state index contributed by atoms with van der Waals surface area (Å²) in [6.45, 7) is 5.83. The first-order valence-corrected chi connectivity index (χ1v) is 7.99. The average molecular weight is 384 g/mol. The van der Waals surface area contributed by atoms with Gasteiger partial charge in [-0.05, 0) is 54.9 Å². The highest BCUT2D eigenvalue weighted by Crippen LogP contribution is 2.20. The van der Waals surface area contributed by atoms with Crippen molar-refractivity contribution in [3.63, 3.8) is 0 Å². The van der Waals surface area contributed by atoms with E-state index in [9.17, 15) is 9.18 Å². The minimum absolute atomic E-state index is 0.339. The van der Waals surface area contributed by atoms with Gasteiger partial charge in [-0.15, -0.1) is 0 Å². The van der Waals surface area contributed by atoms with E-state index in [1.54, 1.807) is 29.2 Å². The second-order valence-electron chi connectivity index (χ2n) is 6.03. The van der Waals surface area contributed by atoms with Crippen molar-refractivity contribution in [2.24, 2.45) is 0 Å². The average Bonchev–Trinajstić information content (AvgIpc) is 2.88. The molecule has 0 bridgehead atoms. The van der Waals surface area contributed by atoms with E-state index in [1.807, 2.05) is 20.8 Å². The molecule has 0 saturated heterocycles. The van der Waals surface area contributed by atoms with Crippen molar-refractivity contribution in [3.05, 3.63) is 46.7 Å². The maximum atomic E-state index is 13.7. The van der Waals surface area contributed by atoms with Crippen LogP contribution in [0.3, 0.4) is 0 Å². The summed E-state index contributed by atoms with van der Waals surface area (Å²) < 4.78 is 21.0. The van der Waals surface area contributed by atoms with Crippen LogP contribution >= 0.6 is 15.9 Å². The van der Waals surface area contributed by atoms with Gasteiger partial charge in [-0.25, -0.2) is 14.2 Å². The van der Waals surface area contributed by atoms with Crippen LogP contribution in [-0.2, 0) is 11.2 Å². The minimum atomic E-state index is -0.527. The van der Waals surface area contributed by atoms with Gasteiger partial charge in [0.05, 0.1) is 10.8 Å². The van der Waals surface area contributed by atoms with Crippen molar-refractivity contribution in [1.29, 1.82) is 0 Å². The van der Waals surface area contributed by atoms with Crippen LogP contribution in [0.5, 0.6) is 0 Å². The van der Waals surface area contributed by atoms with E-state index in [4.69, 9.17) is 4.74 Å². The number of halogens is 2. The first kappa shape index (κ1) is 17.5. The van der Waals surface area contributed by atoms with E-state index in [-0.39, 0.29) is 5.82 Å². The summed E-state index contributed by atoms with van der Waals surface area (Å²) >= 11 is 3.13. The number of carbonyl (C=O) groups excluding carboxylic acids is 1. The number of carbonyl (C=O) groups is 1.